The van der Waals surface area contributed by atoms with Gasteiger partial charge in [-0.15, -0.1) is 11.8 Å². The zero-order chi connectivity index (χ0) is 30.1. The lowest BCUT2D eigenvalue weighted by atomic mass is 9.95. The smallest absolute Gasteiger partial charge is 0.327 e. The number of thioether (sulfide) groups is 1. The third kappa shape index (κ3) is 4.12. The van der Waals surface area contributed by atoms with Crippen LogP contribution in [0.3, 0.4) is 0 Å². The molecule has 4 unspecified atom stereocenters. The molecule has 0 bridgehead atoms. The number of carbonyl (C=O) groups is 4. The maximum absolute atomic E-state index is 13.6. The van der Waals surface area contributed by atoms with Crippen molar-refractivity contribution in [2.45, 2.75) is 55.1 Å². The van der Waals surface area contributed by atoms with Crippen molar-refractivity contribution in [3.05, 3.63) is 85.7 Å². The van der Waals surface area contributed by atoms with E-state index < -0.39 is 68.0 Å². The number of hydrogen-bond donors (Lipinski definition) is 3. The topological polar surface area (TPSA) is 181 Å². The fourth-order valence-electron chi connectivity index (χ4n) is 6.06. The number of carboxylic acids is 1. The molecule has 2 fully saturated rings. The highest BCUT2D eigenvalue weighted by Gasteiger charge is 2.64. The van der Waals surface area contributed by atoms with Gasteiger partial charge in [0, 0.05) is 23.6 Å². The summed E-state index contributed by atoms with van der Waals surface area (Å²) in [4.78, 5) is 77.8. The second-order valence-electron chi connectivity index (χ2n) is 10.9. The first-order valence-corrected chi connectivity index (χ1v) is 14.0. The minimum Gasteiger partial charge on any atom is -0.480 e. The molecule has 0 saturated carbocycles. The van der Waals surface area contributed by atoms with E-state index in [4.69, 9.17) is 0 Å². The molecule has 3 amide bonds. The maximum Gasteiger partial charge on any atom is 0.327 e. The van der Waals surface area contributed by atoms with E-state index in [2.05, 4.69) is 10.6 Å². The van der Waals surface area contributed by atoms with Crippen LogP contribution in [0.5, 0.6) is 0 Å². The van der Waals surface area contributed by atoms with Crippen LogP contribution in [0.25, 0.3) is 10.9 Å². The highest BCUT2D eigenvalue weighted by molar-refractivity contribution is 8.01. The average Bonchev–Trinajstić information content (AvgIpc) is 3.48. The van der Waals surface area contributed by atoms with Crippen molar-refractivity contribution in [1.82, 2.24) is 20.1 Å². The minimum absolute atomic E-state index is 0.169. The van der Waals surface area contributed by atoms with Gasteiger partial charge in [-0.3, -0.25) is 29.3 Å². The molecule has 3 N–H and O–H groups in total. The highest BCUT2D eigenvalue weighted by Crippen LogP contribution is 2.50. The SMILES string of the molecule is CC1(C)SC2C(NC(=O)C(NC(=O)c3cn4c5c(ccc([N+](=O)[O-])c5c3=O)CC4)c3ccccc3)C(=O)N2C1C(=O)O. The molecule has 2 saturated heterocycles. The van der Waals surface area contributed by atoms with Crippen LogP contribution in [0.4, 0.5) is 5.69 Å². The Morgan fingerprint density at radius 2 is 1.86 bits per heavy atom. The van der Waals surface area contributed by atoms with E-state index in [1.165, 1.54) is 28.9 Å². The number of benzene rings is 2. The van der Waals surface area contributed by atoms with Gasteiger partial charge in [-0.2, -0.15) is 0 Å². The number of aryl methyl sites for hydroxylation is 2. The van der Waals surface area contributed by atoms with E-state index in [9.17, 15) is 39.2 Å². The van der Waals surface area contributed by atoms with Gasteiger partial charge in [-0.05, 0) is 31.4 Å². The second kappa shape index (κ2) is 9.69. The zero-order valence-electron chi connectivity index (χ0n) is 22.4. The Morgan fingerprint density at radius 3 is 2.52 bits per heavy atom. The van der Waals surface area contributed by atoms with Gasteiger partial charge in [0.1, 0.15) is 34.4 Å². The van der Waals surface area contributed by atoms with Crippen molar-refractivity contribution in [2.75, 3.05) is 0 Å². The van der Waals surface area contributed by atoms with Gasteiger partial charge in [-0.25, -0.2) is 4.79 Å². The number of amides is 3. The molecule has 13 nitrogen and oxygen atoms in total. The van der Waals surface area contributed by atoms with Crippen molar-refractivity contribution in [3.8, 4) is 0 Å². The predicted molar refractivity (Wildman–Crippen MR) is 151 cm³/mol. The van der Waals surface area contributed by atoms with Crippen molar-refractivity contribution in [1.29, 1.82) is 0 Å². The first-order chi connectivity index (χ1) is 19.9. The molecule has 3 aromatic rings. The number of carboxylic acid groups (broad SMARTS) is 1. The van der Waals surface area contributed by atoms with E-state index in [0.29, 0.717) is 24.0 Å². The van der Waals surface area contributed by atoms with Crippen LogP contribution in [0.2, 0.25) is 0 Å². The lowest BCUT2D eigenvalue weighted by molar-refractivity contribution is -0.383. The Balaban J connectivity index is 1.31. The summed E-state index contributed by atoms with van der Waals surface area (Å²) >= 11 is 1.26. The number of nitro groups is 1. The maximum atomic E-state index is 13.6. The average molecular weight is 592 g/mol. The molecule has 6 rings (SSSR count). The molecule has 2 aromatic carbocycles. The number of fused-ring (bicyclic) bond motifs is 1. The third-order valence-electron chi connectivity index (χ3n) is 7.99. The van der Waals surface area contributed by atoms with Gasteiger partial charge in [0.15, 0.2) is 0 Å². The van der Waals surface area contributed by atoms with E-state index in [-0.39, 0.29) is 10.9 Å². The van der Waals surface area contributed by atoms with Crippen LogP contribution >= 0.6 is 11.8 Å². The van der Waals surface area contributed by atoms with Crippen molar-refractivity contribution < 1.29 is 29.2 Å². The molecule has 3 aliphatic heterocycles. The number of pyridine rings is 1. The fourth-order valence-corrected chi connectivity index (χ4v) is 7.68. The van der Waals surface area contributed by atoms with Crippen LogP contribution in [0, 0.1) is 10.1 Å². The van der Waals surface area contributed by atoms with Gasteiger partial charge in [0.2, 0.25) is 17.2 Å². The highest BCUT2D eigenvalue weighted by atomic mass is 32.2. The number of β-lactam (4-membered cyclic amide) rings is 1. The molecule has 3 aliphatic rings. The summed E-state index contributed by atoms with van der Waals surface area (Å²) in [5.74, 6) is -3.33. The Labute approximate surface area is 242 Å². The summed E-state index contributed by atoms with van der Waals surface area (Å²) in [5, 5.41) is 25.9. The van der Waals surface area contributed by atoms with Crippen LogP contribution in [-0.4, -0.2) is 65.4 Å². The summed E-state index contributed by atoms with van der Waals surface area (Å²) in [5.41, 5.74) is -0.0527. The van der Waals surface area contributed by atoms with Gasteiger partial charge < -0.3 is 25.2 Å². The van der Waals surface area contributed by atoms with E-state index in [0.717, 1.165) is 5.56 Å². The van der Waals surface area contributed by atoms with Gasteiger partial charge >= 0.3 is 5.97 Å². The zero-order valence-corrected chi connectivity index (χ0v) is 23.2. The van der Waals surface area contributed by atoms with Crippen LogP contribution < -0.4 is 16.1 Å². The Kier molecular flexibility index (Phi) is 6.33. The number of carbonyl (C=O) groups excluding carboxylic acids is 3. The van der Waals surface area contributed by atoms with Crippen molar-refractivity contribution in [3.63, 3.8) is 0 Å². The number of nitrogens with zero attached hydrogens (tertiary/aromatic N) is 3. The van der Waals surface area contributed by atoms with E-state index >= 15 is 0 Å². The van der Waals surface area contributed by atoms with Crippen molar-refractivity contribution in [2.24, 2.45) is 0 Å². The molecule has 0 radical (unpaired) electrons. The molecular formula is C28H25N5O8S. The van der Waals surface area contributed by atoms with Gasteiger partial charge in [0.25, 0.3) is 11.6 Å². The Morgan fingerprint density at radius 1 is 1.14 bits per heavy atom. The second-order valence-corrected chi connectivity index (χ2v) is 12.7. The molecule has 1 aromatic heterocycles. The lowest BCUT2D eigenvalue weighted by Gasteiger charge is -2.44. The first-order valence-electron chi connectivity index (χ1n) is 13.1. The number of aromatic nitrogens is 1. The van der Waals surface area contributed by atoms with Crippen LogP contribution in [0.1, 0.15) is 41.4 Å². The number of nitro benzene ring substituents is 1. The monoisotopic (exact) mass is 591 g/mol. The molecular weight excluding hydrogens is 566 g/mol. The summed E-state index contributed by atoms with van der Waals surface area (Å²) < 4.78 is 0.839. The summed E-state index contributed by atoms with van der Waals surface area (Å²) in [6.07, 6.45) is 1.88. The third-order valence-corrected chi connectivity index (χ3v) is 9.56. The summed E-state index contributed by atoms with van der Waals surface area (Å²) in [6, 6.07) is 7.67. The normalized spacial score (nSPS) is 22.3. The molecule has 0 spiro atoms. The van der Waals surface area contributed by atoms with Crippen LogP contribution in [0.15, 0.2) is 53.5 Å². The molecule has 216 valence electrons. The Hall–Kier alpha value is -4.72. The molecule has 4 atom stereocenters. The minimum atomic E-state index is -1.33. The van der Waals surface area contributed by atoms with Crippen LogP contribution in [-0.2, 0) is 27.3 Å². The first kappa shape index (κ1) is 27.4. The molecule has 0 aliphatic carbocycles. The molecule has 4 heterocycles. The number of non-ortho nitro benzene ring substituents is 1. The number of rotatable bonds is 7. The fraction of sp³-hybridized carbons (Fsp3) is 0.321. The summed E-state index contributed by atoms with van der Waals surface area (Å²) in [6.45, 7) is 3.85. The quantitative estimate of drug-likeness (QED) is 0.209. The summed E-state index contributed by atoms with van der Waals surface area (Å²) in [7, 11) is 0. The van der Waals surface area contributed by atoms with Gasteiger partial charge in [-0.1, -0.05) is 36.4 Å². The Bertz CT molecular complexity index is 1770. The molecule has 14 heteroatoms. The lowest BCUT2D eigenvalue weighted by Crippen LogP contribution is -2.71. The number of nitrogens with one attached hydrogen (secondary N) is 2. The van der Waals surface area contributed by atoms with Crippen molar-refractivity contribution >= 4 is 52.0 Å². The van der Waals surface area contributed by atoms with E-state index in [1.807, 2.05) is 0 Å². The van der Waals surface area contributed by atoms with E-state index in [1.54, 1.807) is 54.8 Å². The number of hydrogen-bond acceptors (Lipinski definition) is 8. The van der Waals surface area contributed by atoms with Gasteiger partial charge in [0.05, 0.1) is 10.4 Å². The molecule has 42 heavy (non-hydrogen) atoms. The largest absolute Gasteiger partial charge is 0.480 e. The predicted octanol–water partition coefficient (Wildman–Crippen LogP) is 1.57. The standard InChI is InChI=1S/C28H25N5O8S/c1-28(2)22(27(38)39)32-25(37)19(26(32)42-28)30-24(36)18(13-6-4-3-5-7-13)29-23(35)15-12-31-11-10-14-8-9-16(33(40)41)17(20(14)31)21(15)34/h3-9,12,18-19,22,26H,10-11H2,1-2H3,(H,29,35)(H,30,36)(H,38,39). The number of aliphatic carboxylic acids is 1.